The molecule has 7 nitrogen and oxygen atoms in total. The molecule has 0 spiro atoms. The van der Waals surface area contributed by atoms with Gasteiger partial charge in [-0.05, 0) is 71.9 Å². The first kappa shape index (κ1) is 25.2. The molecule has 0 unspecified atom stereocenters. The highest BCUT2D eigenvalue weighted by atomic mass is 16.7. The Balaban J connectivity index is 1.54. The first-order valence-electron chi connectivity index (χ1n) is 13.2. The van der Waals surface area contributed by atoms with Crippen LogP contribution in [0.15, 0.2) is 60.2 Å². The molecule has 39 heavy (non-hydrogen) atoms. The van der Waals surface area contributed by atoms with Crippen molar-refractivity contribution in [2.24, 2.45) is 11.8 Å². The zero-order valence-electron chi connectivity index (χ0n) is 22.6. The van der Waals surface area contributed by atoms with E-state index in [4.69, 9.17) is 28.4 Å². The van der Waals surface area contributed by atoms with Gasteiger partial charge in [0.15, 0.2) is 23.0 Å². The van der Waals surface area contributed by atoms with Crippen LogP contribution in [0.1, 0.15) is 41.5 Å². The summed E-state index contributed by atoms with van der Waals surface area (Å²) in [6.45, 7) is 2.69. The van der Waals surface area contributed by atoms with Crippen LogP contribution in [0.4, 0.5) is 0 Å². The number of cyclic esters (lactones) is 1. The summed E-state index contributed by atoms with van der Waals surface area (Å²) in [7, 11) is 4.77. The Morgan fingerprint density at radius 2 is 1.59 bits per heavy atom. The number of hydrogen-bond acceptors (Lipinski definition) is 7. The van der Waals surface area contributed by atoms with E-state index in [1.807, 2.05) is 24.3 Å². The summed E-state index contributed by atoms with van der Waals surface area (Å²) in [4.78, 5) is 13.4. The van der Waals surface area contributed by atoms with Crippen molar-refractivity contribution >= 4 is 11.5 Å². The lowest BCUT2D eigenvalue weighted by molar-refractivity contribution is -0.141. The summed E-state index contributed by atoms with van der Waals surface area (Å²) in [6.07, 6.45) is 1.79. The van der Waals surface area contributed by atoms with E-state index in [0.29, 0.717) is 29.6 Å². The molecule has 2 aliphatic heterocycles. The Kier molecular flexibility index (Phi) is 6.59. The van der Waals surface area contributed by atoms with Gasteiger partial charge in [-0.1, -0.05) is 35.9 Å². The normalized spacial score (nSPS) is 22.1. The van der Waals surface area contributed by atoms with Crippen LogP contribution in [-0.2, 0) is 16.0 Å². The molecule has 7 heteroatoms. The van der Waals surface area contributed by atoms with Crippen LogP contribution >= 0.6 is 0 Å². The summed E-state index contributed by atoms with van der Waals surface area (Å²) in [5.74, 6) is 1.99. The largest absolute Gasteiger partial charge is 0.493 e. The number of esters is 1. The third-order valence-electron chi connectivity index (χ3n) is 8.15. The first-order valence-corrected chi connectivity index (χ1v) is 13.2. The average molecular weight is 529 g/mol. The van der Waals surface area contributed by atoms with Gasteiger partial charge < -0.3 is 28.4 Å². The zero-order chi connectivity index (χ0) is 27.1. The molecule has 1 fully saturated rings. The Morgan fingerprint density at radius 1 is 0.897 bits per heavy atom. The molecule has 2 heterocycles. The van der Waals surface area contributed by atoms with E-state index >= 15 is 0 Å². The molecule has 1 aliphatic carbocycles. The van der Waals surface area contributed by atoms with Crippen LogP contribution in [0.5, 0.6) is 28.7 Å². The van der Waals surface area contributed by atoms with E-state index in [1.165, 1.54) is 16.7 Å². The minimum absolute atomic E-state index is 0.0924. The monoisotopic (exact) mass is 528 g/mol. The Morgan fingerprint density at radius 3 is 2.26 bits per heavy atom. The van der Waals surface area contributed by atoms with Crippen LogP contribution in [0.3, 0.4) is 0 Å². The maximum atomic E-state index is 13.4. The topological polar surface area (TPSA) is 72.5 Å². The highest BCUT2D eigenvalue weighted by Crippen LogP contribution is 2.56. The van der Waals surface area contributed by atoms with Crippen molar-refractivity contribution in [3.63, 3.8) is 0 Å². The number of rotatable bonds is 7. The van der Waals surface area contributed by atoms with Crippen molar-refractivity contribution in [2.45, 2.75) is 25.7 Å². The molecule has 3 atom stereocenters. The molecule has 3 aromatic carbocycles. The lowest BCUT2D eigenvalue weighted by Crippen LogP contribution is -2.31. The molecular weight excluding hydrogens is 496 g/mol. The van der Waals surface area contributed by atoms with Gasteiger partial charge in [-0.2, -0.15) is 0 Å². The van der Waals surface area contributed by atoms with Crippen molar-refractivity contribution in [1.82, 2.24) is 0 Å². The maximum Gasteiger partial charge on any atom is 0.310 e. The fraction of sp³-hybridized carbons (Fsp3) is 0.344. The molecule has 0 N–H and O–H groups in total. The summed E-state index contributed by atoms with van der Waals surface area (Å²) in [5, 5.41) is 0. The number of benzene rings is 3. The smallest absolute Gasteiger partial charge is 0.310 e. The number of hydrogen-bond donors (Lipinski definition) is 0. The molecule has 0 saturated carbocycles. The number of allylic oxidation sites excluding steroid dienone is 1. The van der Waals surface area contributed by atoms with Gasteiger partial charge in [-0.15, -0.1) is 0 Å². The third-order valence-corrected chi connectivity index (χ3v) is 8.15. The highest BCUT2D eigenvalue weighted by Gasteiger charge is 2.51. The molecule has 1 saturated heterocycles. The number of carbonyl (C=O) groups is 1. The fourth-order valence-corrected chi connectivity index (χ4v) is 6.33. The van der Waals surface area contributed by atoms with Crippen molar-refractivity contribution in [3.8, 4) is 28.7 Å². The van der Waals surface area contributed by atoms with Gasteiger partial charge in [0.25, 0.3) is 0 Å². The van der Waals surface area contributed by atoms with Crippen LogP contribution in [0, 0.1) is 11.8 Å². The number of ether oxygens (including phenoxy) is 6. The molecular formula is C32H32O7. The van der Waals surface area contributed by atoms with Gasteiger partial charge in [-0.3, -0.25) is 4.79 Å². The van der Waals surface area contributed by atoms with Gasteiger partial charge in [0.05, 0.1) is 33.9 Å². The van der Waals surface area contributed by atoms with Gasteiger partial charge in [0.1, 0.15) is 0 Å². The SMILES string of the molecule is COc1cc([C@@H]2c3cc4c(cc3/C(=C(\C)CCc3ccccc3)[C@H]3COC(=O)[C@H]23)OCO4)cc(OC)c1OC. The Hall–Kier alpha value is -4.13. The highest BCUT2D eigenvalue weighted by molar-refractivity contribution is 5.88. The molecule has 0 radical (unpaired) electrons. The van der Waals surface area contributed by atoms with E-state index in [1.54, 1.807) is 21.3 Å². The quantitative estimate of drug-likeness (QED) is 0.360. The van der Waals surface area contributed by atoms with E-state index < -0.39 is 5.92 Å². The lowest BCUT2D eigenvalue weighted by atomic mass is 9.64. The lowest BCUT2D eigenvalue weighted by Gasteiger charge is -2.37. The number of methoxy groups -OCH3 is 3. The molecule has 6 rings (SSSR count). The van der Waals surface area contributed by atoms with Crippen molar-refractivity contribution in [3.05, 3.63) is 82.4 Å². The van der Waals surface area contributed by atoms with E-state index in [-0.39, 0.29) is 24.6 Å². The summed E-state index contributed by atoms with van der Waals surface area (Å²) in [5.41, 5.74) is 6.66. The molecule has 0 bridgehead atoms. The van der Waals surface area contributed by atoms with Gasteiger partial charge >= 0.3 is 5.97 Å². The minimum atomic E-state index is -0.401. The maximum absolute atomic E-state index is 13.4. The van der Waals surface area contributed by atoms with Crippen molar-refractivity contribution in [1.29, 1.82) is 0 Å². The van der Waals surface area contributed by atoms with Crippen LogP contribution in [-0.4, -0.2) is 40.7 Å². The predicted molar refractivity (Wildman–Crippen MR) is 146 cm³/mol. The average Bonchev–Trinajstić information content (AvgIpc) is 3.59. The van der Waals surface area contributed by atoms with Crippen molar-refractivity contribution < 1.29 is 33.2 Å². The summed E-state index contributed by atoms with van der Waals surface area (Å²) in [6, 6.07) is 18.4. The third kappa shape index (κ3) is 4.26. The van der Waals surface area contributed by atoms with Crippen LogP contribution in [0.25, 0.3) is 5.57 Å². The molecule has 0 amide bonds. The number of fused-ring (bicyclic) bond motifs is 3. The molecule has 3 aliphatic rings. The van der Waals surface area contributed by atoms with Gasteiger partial charge in [-0.25, -0.2) is 0 Å². The number of carbonyl (C=O) groups excluding carboxylic acids is 1. The van der Waals surface area contributed by atoms with Gasteiger partial charge in [0.2, 0.25) is 12.5 Å². The predicted octanol–water partition coefficient (Wildman–Crippen LogP) is 5.78. The van der Waals surface area contributed by atoms with E-state index in [9.17, 15) is 4.79 Å². The standard InChI is InChI=1S/C32H32O7/c1-18(10-11-19-8-6-5-7-9-19)28-21-14-24-25(39-17-38-24)15-22(21)29(30-23(28)16-37-32(30)33)20-12-26(34-2)31(36-4)27(13-20)35-3/h5-9,12-15,23,29-30H,10-11,16-17H2,1-4H3/b28-18-/t23-,29-,30+/m1/s1. The second-order valence-corrected chi connectivity index (χ2v) is 10.2. The van der Waals surface area contributed by atoms with E-state index in [2.05, 4.69) is 37.3 Å². The van der Waals surface area contributed by atoms with Crippen LogP contribution in [0.2, 0.25) is 0 Å². The zero-order valence-corrected chi connectivity index (χ0v) is 22.6. The Bertz CT molecular complexity index is 1420. The fourth-order valence-electron chi connectivity index (χ4n) is 6.33. The van der Waals surface area contributed by atoms with E-state index in [0.717, 1.165) is 35.3 Å². The van der Waals surface area contributed by atoms with Gasteiger partial charge in [0, 0.05) is 11.8 Å². The molecule has 3 aromatic rings. The molecule has 0 aromatic heterocycles. The van der Waals surface area contributed by atoms with Crippen molar-refractivity contribution in [2.75, 3.05) is 34.7 Å². The number of aryl methyl sites for hydroxylation is 1. The summed E-state index contributed by atoms with van der Waals surface area (Å²) < 4.78 is 34.3. The summed E-state index contributed by atoms with van der Waals surface area (Å²) >= 11 is 0. The second kappa shape index (κ2) is 10.2. The Labute approximate surface area is 228 Å². The minimum Gasteiger partial charge on any atom is -0.493 e. The molecule has 202 valence electrons. The second-order valence-electron chi connectivity index (χ2n) is 10.2. The van der Waals surface area contributed by atoms with Crippen LogP contribution < -0.4 is 23.7 Å². The first-order chi connectivity index (χ1) is 19.0.